The number of amides is 1. The highest BCUT2D eigenvalue weighted by Crippen LogP contribution is 2.30. The van der Waals surface area contributed by atoms with Crippen LogP contribution in [0.5, 0.6) is 0 Å². The molecule has 1 aliphatic rings. The molecule has 0 aliphatic carbocycles. The van der Waals surface area contributed by atoms with Gasteiger partial charge in [-0.15, -0.1) is 0 Å². The number of likely N-dealkylation sites (N-methyl/N-ethyl adjacent to an activating group) is 1. The summed E-state index contributed by atoms with van der Waals surface area (Å²) in [6, 6.07) is 13.2. The Labute approximate surface area is 196 Å². The maximum Gasteiger partial charge on any atom is 0.264 e. The number of carbonyl (C=O) groups is 1. The van der Waals surface area contributed by atoms with Crippen LogP contribution in [0.25, 0.3) is 0 Å². The quantitative estimate of drug-likeness (QED) is 0.561. The monoisotopic (exact) mass is 478 g/mol. The smallest absolute Gasteiger partial charge is 0.264 e. The Balaban J connectivity index is 1.66. The SMILES string of the molecule is Cc1ccc(S(=O)(=O)N(CC(=O)NCCCN2CCN(C)CC2)c2ccccc2Cl)cc1. The zero-order valence-corrected chi connectivity index (χ0v) is 20.2. The van der Waals surface area contributed by atoms with Crippen LogP contribution in [0.3, 0.4) is 0 Å². The van der Waals surface area contributed by atoms with E-state index in [2.05, 4.69) is 22.2 Å². The van der Waals surface area contributed by atoms with Gasteiger partial charge in [0.1, 0.15) is 6.54 Å². The van der Waals surface area contributed by atoms with Crippen LogP contribution in [0.15, 0.2) is 53.4 Å². The molecule has 32 heavy (non-hydrogen) atoms. The molecule has 1 heterocycles. The first-order chi connectivity index (χ1) is 15.3. The van der Waals surface area contributed by atoms with E-state index in [9.17, 15) is 13.2 Å². The molecule has 174 valence electrons. The average Bonchev–Trinajstić information content (AvgIpc) is 2.77. The number of anilines is 1. The van der Waals surface area contributed by atoms with Gasteiger partial charge in [-0.1, -0.05) is 41.4 Å². The number of rotatable bonds is 9. The summed E-state index contributed by atoms with van der Waals surface area (Å²) >= 11 is 6.30. The number of halogens is 1. The molecule has 9 heteroatoms. The summed E-state index contributed by atoms with van der Waals surface area (Å²) in [6.07, 6.45) is 0.812. The molecular formula is C23H31ClN4O3S. The molecule has 0 saturated carbocycles. The number of benzene rings is 2. The van der Waals surface area contributed by atoms with Gasteiger partial charge in [-0.05, 0) is 51.2 Å². The zero-order chi connectivity index (χ0) is 23.1. The Morgan fingerprint density at radius 2 is 1.72 bits per heavy atom. The molecule has 1 saturated heterocycles. The molecule has 0 spiro atoms. The molecule has 7 nitrogen and oxygen atoms in total. The third-order valence-electron chi connectivity index (χ3n) is 5.59. The summed E-state index contributed by atoms with van der Waals surface area (Å²) < 4.78 is 27.8. The number of piperazine rings is 1. The van der Waals surface area contributed by atoms with E-state index in [1.807, 2.05) is 6.92 Å². The van der Waals surface area contributed by atoms with Crippen molar-refractivity contribution in [1.29, 1.82) is 0 Å². The molecule has 0 bridgehead atoms. The van der Waals surface area contributed by atoms with Gasteiger partial charge >= 0.3 is 0 Å². The van der Waals surface area contributed by atoms with Gasteiger partial charge in [-0.2, -0.15) is 0 Å². The van der Waals surface area contributed by atoms with Crippen LogP contribution in [0.4, 0.5) is 5.69 Å². The minimum absolute atomic E-state index is 0.117. The van der Waals surface area contributed by atoms with E-state index < -0.39 is 10.0 Å². The van der Waals surface area contributed by atoms with Gasteiger partial charge in [0.25, 0.3) is 10.0 Å². The van der Waals surface area contributed by atoms with E-state index in [0.717, 1.165) is 49.0 Å². The Morgan fingerprint density at radius 1 is 1.06 bits per heavy atom. The van der Waals surface area contributed by atoms with Crippen molar-refractivity contribution >= 4 is 33.2 Å². The molecule has 2 aromatic rings. The number of para-hydroxylation sites is 1. The summed E-state index contributed by atoms with van der Waals surface area (Å²) in [5.74, 6) is -0.362. The van der Waals surface area contributed by atoms with E-state index in [1.54, 1.807) is 48.5 Å². The predicted molar refractivity (Wildman–Crippen MR) is 129 cm³/mol. The molecular weight excluding hydrogens is 448 g/mol. The molecule has 2 aromatic carbocycles. The van der Waals surface area contributed by atoms with Crippen LogP contribution in [-0.2, 0) is 14.8 Å². The number of hydrogen-bond donors (Lipinski definition) is 1. The van der Waals surface area contributed by atoms with Crippen molar-refractivity contribution < 1.29 is 13.2 Å². The van der Waals surface area contributed by atoms with Crippen LogP contribution < -0.4 is 9.62 Å². The van der Waals surface area contributed by atoms with E-state index in [-0.39, 0.29) is 28.1 Å². The first-order valence-electron chi connectivity index (χ1n) is 10.8. The third-order valence-corrected chi connectivity index (χ3v) is 7.68. The third kappa shape index (κ3) is 6.45. The van der Waals surface area contributed by atoms with Crippen molar-refractivity contribution in [1.82, 2.24) is 15.1 Å². The van der Waals surface area contributed by atoms with Crippen molar-refractivity contribution in [2.45, 2.75) is 18.2 Å². The van der Waals surface area contributed by atoms with Gasteiger partial charge < -0.3 is 15.1 Å². The fourth-order valence-corrected chi connectivity index (χ4v) is 5.31. The Bertz CT molecular complexity index is 1010. The molecule has 0 atom stereocenters. The molecule has 1 amide bonds. The molecule has 0 unspecified atom stereocenters. The standard InChI is InChI=1S/C23H31ClN4O3S/c1-19-8-10-20(11-9-19)32(30,31)28(22-7-4-3-6-21(22)24)18-23(29)25-12-5-13-27-16-14-26(2)15-17-27/h3-4,6-11H,5,12-18H2,1-2H3,(H,25,29). The molecule has 0 radical (unpaired) electrons. The molecule has 1 fully saturated rings. The maximum absolute atomic E-state index is 13.4. The summed E-state index contributed by atoms with van der Waals surface area (Å²) in [5.41, 5.74) is 1.23. The lowest BCUT2D eigenvalue weighted by Crippen LogP contribution is -2.45. The van der Waals surface area contributed by atoms with E-state index in [4.69, 9.17) is 11.6 Å². The van der Waals surface area contributed by atoms with Crippen LogP contribution >= 0.6 is 11.6 Å². The molecule has 3 rings (SSSR count). The summed E-state index contributed by atoms with van der Waals surface area (Å²) in [5, 5.41) is 3.13. The summed E-state index contributed by atoms with van der Waals surface area (Å²) in [4.78, 5) is 17.5. The second kappa shape index (κ2) is 11.1. The predicted octanol–water partition coefficient (Wildman–Crippen LogP) is 2.60. The van der Waals surface area contributed by atoms with E-state index in [0.29, 0.717) is 6.54 Å². The molecule has 1 aliphatic heterocycles. The number of carbonyl (C=O) groups excluding carboxylic acids is 1. The van der Waals surface area contributed by atoms with E-state index >= 15 is 0 Å². The van der Waals surface area contributed by atoms with E-state index in [1.165, 1.54) is 0 Å². The van der Waals surface area contributed by atoms with Crippen LogP contribution in [0.1, 0.15) is 12.0 Å². The maximum atomic E-state index is 13.4. The number of nitrogens with zero attached hydrogens (tertiary/aromatic N) is 3. The Kier molecular flexibility index (Phi) is 8.53. The Hall–Kier alpha value is -2.13. The first kappa shape index (κ1) is 24.5. The highest BCUT2D eigenvalue weighted by molar-refractivity contribution is 7.92. The van der Waals surface area contributed by atoms with Gasteiger partial charge in [0, 0.05) is 32.7 Å². The normalized spacial score (nSPS) is 15.5. The fraction of sp³-hybridized carbons (Fsp3) is 0.435. The lowest BCUT2D eigenvalue weighted by Gasteiger charge is -2.32. The molecule has 1 N–H and O–H groups in total. The largest absolute Gasteiger partial charge is 0.354 e. The zero-order valence-electron chi connectivity index (χ0n) is 18.6. The number of aryl methyl sites for hydroxylation is 1. The van der Waals surface area contributed by atoms with Gasteiger partial charge in [0.15, 0.2) is 0 Å². The lowest BCUT2D eigenvalue weighted by molar-refractivity contribution is -0.119. The van der Waals surface area contributed by atoms with Crippen LogP contribution in [0.2, 0.25) is 5.02 Å². The van der Waals surface area contributed by atoms with Crippen molar-refractivity contribution in [3.8, 4) is 0 Å². The van der Waals surface area contributed by atoms with Crippen molar-refractivity contribution in [3.63, 3.8) is 0 Å². The second-order valence-corrected chi connectivity index (χ2v) is 10.4. The van der Waals surface area contributed by atoms with Gasteiger partial charge in [0.2, 0.25) is 5.91 Å². The lowest BCUT2D eigenvalue weighted by atomic mass is 10.2. The minimum atomic E-state index is -3.97. The number of nitrogens with one attached hydrogen (secondary N) is 1. The second-order valence-electron chi connectivity index (χ2n) is 8.12. The topological polar surface area (TPSA) is 73.0 Å². The Morgan fingerprint density at radius 3 is 2.38 bits per heavy atom. The van der Waals surface area contributed by atoms with Crippen molar-refractivity contribution in [3.05, 3.63) is 59.1 Å². The summed E-state index contributed by atoms with van der Waals surface area (Å²) in [7, 11) is -1.85. The fourth-order valence-electron chi connectivity index (χ4n) is 3.58. The highest BCUT2D eigenvalue weighted by atomic mass is 35.5. The van der Waals surface area contributed by atoms with Gasteiger partial charge in [-0.3, -0.25) is 9.10 Å². The molecule has 0 aromatic heterocycles. The summed E-state index contributed by atoms with van der Waals surface area (Å²) in [6.45, 7) is 7.10. The number of sulfonamides is 1. The van der Waals surface area contributed by atoms with Crippen LogP contribution in [-0.4, -0.2) is 77.0 Å². The first-order valence-corrected chi connectivity index (χ1v) is 12.6. The van der Waals surface area contributed by atoms with Crippen molar-refractivity contribution in [2.24, 2.45) is 0 Å². The van der Waals surface area contributed by atoms with Gasteiger partial charge in [0.05, 0.1) is 15.6 Å². The number of hydrogen-bond acceptors (Lipinski definition) is 5. The average molecular weight is 479 g/mol. The van der Waals surface area contributed by atoms with Crippen molar-refractivity contribution in [2.75, 3.05) is 57.2 Å². The minimum Gasteiger partial charge on any atom is -0.354 e. The van der Waals surface area contributed by atoms with Gasteiger partial charge in [-0.25, -0.2) is 8.42 Å². The highest BCUT2D eigenvalue weighted by Gasteiger charge is 2.28. The van der Waals surface area contributed by atoms with Crippen LogP contribution in [0, 0.1) is 6.92 Å².